The minimum Gasteiger partial charge on any atom is -0.178 e. The smallest absolute Gasteiger partial charge is 0.178 e. The van der Waals surface area contributed by atoms with Crippen LogP contribution in [0.2, 0.25) is 0 Å². The lowest BCUT2D eigenvalue weighted by Crippen LogP contribution is -2.47. The van der Waals surface area contributed by atoms with Gasteiger partial charge in [-0.05, 0) is 0 Å². The molecule has 1 aliphatic heterocycles. The van der Waals surface area contributed by atoms with Gasteiger partial charge in [0.15, 0.2) is 0 Å². The average molecular weight is 291 g/mol. The topological polar surface area (TPSA) is 3.24 Å². The molecule has 1 fully saturated rings. The van der Waals surface area contributed by atoms with E-state index in [0.717, 1.165) is 0 Å². The Bertz CT molecular complexity index is 350. The van der Waals surface area contributed by atoms with Gasteiger partial charge in [-0.25, -0.2) is 0 Å². The molecule has 0 saturated carbocycles. The molecule has 0 aromatic rings. The molecule has 0 spiro atoms. The highest BCUT2D eigenvalue weighted by molar-refractivity contribution is 8.51. The van der Waals surface area contributed by atoms with Crippen molar-refractivity contribution in [3.05, 3.63) is 0 Å². The van der Waals surface area contributed by atoms with Crippen LogP contribution in [0, 0.1) is 0 Å². The molecule has 13 heteroatoms. The van der Waals surface area contributed by atoms with Gasteiger partial charge in [0.05, 0.1) is 0 Å². The summed E-state index contributed by atoms with van der Waals surface area (Å²) in [6.45, 7) is 0. The van der Waals surface area contributed by atoms with Crippen LogP contribution in [-0.2, 0) is 0 Å². The first-order valence-electron chi connectivity index (χ1n) is 3.03. The van der Waals surface area contributed by atoms with E-state index in [2.05, 4.69) is 0 Å². The van der Waals surface area contributed by atoms with Crippen LogP contribution in [0.15, 0.2) is 0 Å². The Hall–Kier alpha value is -0.460. The Kier molecular flexibility index (Phi) is 1.79. The molecule has 1 nitrogen and oxygen atoms in total. The summed E-state index contributed by atoms with van der Waals surface area (Å²) in [5, 5.41) is -19.2. The highest BCUT2D eigenvalue weighted by Crippen LogP contribution is 3.12. The third-order valence-electron chi connectivity index (χ3n) is 1.84. The summed E-state index contributed by atoms with van der Waals surface area (Å²) in [5.74, 6) is 0. The van der Waals surface area contributed by atoms with E-state index in [9.17, 15) is 46.4 Å². The van der Waals surface area contributed by atoms with E-state index in [-0.39, 0.29) is 0 Å². The fraction of sp³-hybridized carbons (Fsp3) is 1.00. The monoisotopic (exact) mass is 291 g/mol. The van der Waals surface area contributed by atoms with Crippen molar-refractivity contribution in [2.24, 2.45) is 0 Å². The van der Waals surface area contributed by atoms with Crippen molar-refractivity contribution < 1.29 is 46.4 Å². The van der Waals surface area contributed by atoms with E-state index >= 15 is 0 Å². The lowest BCUT2D eigenvalue weighted by Gasteiger charge is -2.50. The molecule has 1 heterocycles. The minimum atomic E-state index is -12.0. The zero-order valence-corrected chi connectivity index (χ0v) is 7.33. The van der Waals surface area contributed by atoms with Crippen molar-refractivity contribution in [3.8, 4) is 0 Å². The predicted octanol–water partition coefficient (Wildman–Crippen LogP) is 4.34. The van der Waals surface area contributed by atoms with Gasteiger partial charge in [0.25, 0.3) is 9.84 Å². The van der Waals surface area contributed by atoms with E-state index in [1.54, 1.807) is 0 Å². The van der Waals surface area contributed by atoms with Crippen molar-refractivity contribution in [1.82, 2.24) is 5.12 Å². The first-order valence-corrected chi connectivity index (χ1v) is 5.08. The number of nitrogens with zero attached hydrogens (tertiary/aromatic N) is 1. The standard InChI is InChI=1S/C3F11NS/c4-1(5)2(6,7)16(11,12,13,14)3(8,9)15(1)10. The summed E-state index contributed by atoms with van der Waals surface area (Å²) in [6, 6.07) is -7.02. The molecule has 0 aromatic heterocycles. The minimum absolute atomic E-state index is 3.80. The van der Waals surface area contributed by atoms with Crippen molar-refractivity contribution >= 4 is 9.84 Å². The second-order valence-electron chi connectivity index (χ2n) is 2.89. The summed E-state index contributed by atoms with van der Waals surface area (Å²) in [5.41, 5.74) is 0. The van der Waals surface area contributed by atoms with Crippen molar-refractivity contribution in [2.75, 3.05) is 0 Å². The largest absolute Gasteiger partial charge is 0.452 e. The summed E-state index contributed by atoms with van der Waals surface area (Å²) >= 11 is 0. The maximum Gasteiger partial charge on any atom is 0.452 e. The average Bonchev–Trinajstić information content (AvgIpc) is 2.01. The van der Waals surface area contributed by atoms with Crippen molar-refractivity contribution in [3.63, 3.8) is 0 Å². The molecule has 0 atom stereocenters. The molecular formula is C3F11NS. The Morgan fingerprint density at radius 1 is 0.750 bits per heavy atom. The highest BCUT2D eigenvalue weighted by atomic mass is 32.5. The molecule has 0 aliphatic carbocycles. The molecule has 0 unspecified atom stereocenters. The third-order valence-corrected chi connectivity index (χ3v) is 4.26. The van der Waals surface area contributed by atoms with Crippen LogP contribution in [0.5, 0.6) is 0 Å². The summed E-state index contributed by atoms with van der Waals surface area (Å²) < 4.78 is 133. The van der Waals surface area contributed by atoms with Gasteiger partial charge >= 0.3 is 16.7 Å². The summed E-state index contributed by atoms with van der Waals surface area (Å²) in [7, 11) is -12.0. The quantitative estimate of drug-likeness (QED) is 0.364. The number of halogens is 11. The summed E-state index contributed by atoms with van der Waals surface area (Å²) in [6.07, 6.45) is 0. The maximum atomic E-state index is 12.1. The molecule has 100 valence electrons. The fourth-order valence-electron chi connectivity index (χ4n) is 0.840. The number of hydrogen-bond donors (Lipinski definition) is 0. The number of alkyl halides is 6. The second-order valence-corrected chi connectivity index (χ2v) is 6.04. The fourth-order valence-corrected chi connectivity index (χ4v) is 2.16. The van der Waals surface area contributed by atoms with Crippen LogP contribution in [0.25, 0.3) is 0 Å². The Morgan fingerprint density at radius 2 is 1.06 bits per heavy atom. The molecule has 0 radical (unpaired) electrons. The van der Waals surface area contributed by atoms with Gasteiger partial charge in [-0.15, -0.1) is 20.0 Å². The second kappa shape index (κ2) is 2.11. The normalized spacial score (nSPS) is 41.4. The van der Waals surface area contributed by atoms with Gasteiger partial charge in [-0.1, -0.05) is 0 Å². The first-order chi connectivity index (χ1) is 6.45. The van der Waals surface area contributed by atoms with E-state index in [4.69, 9.17) is 0 Å². The lowest BCUT2D eigenvalue weighted by atomic mass is 10.5. The van der Waals surface area contributed by atoms with Crippen molar-refractivity contribution in [2.45, 2.75) is 16.7 Å². The van der Waals surface area contributed by atoms with Gasteiger partial charge in [0.2, 0.25) is 0 Å². The zero-order valence-electron chi connectivity index (χ0n) is 6.51. The Morgan fingerprint density at radius 3 is 1.12 bits per heavy atom. The molecule has 1 aliphatic rings. The van der Waals surface area contributed by atoms with Gasteiger partial charge in [-0.3, -0.25) is 0 Å². The van der Waals surface area contributed by atoms with Crippen LogP contribution in [0.3, 0.4) is 0 Å². The van der Waals surface area contributed by atoms with Crippen LogP contribution in [0.4, 0.5) is 46.4 Å². The summed E-state index contributed by atoms with van der Waals surface area (Å²) in [4.78, 5) is 0. The molecule has 1 saturated heterocycles. The van der Waals surface area contributed by atoms with Gasteiger partial charge < -0.3 is 0 Å². The number of rotatable bonds is 0. The highest BCUT2D eigenvalue weighted by Gasteiger charge is 3.09. The van der Waals surface area contributed by atoms with E-state index in [0.29, 0.717) is 0 Å². The van der Waals surface area contributed by atoms with Gasteiger partial charge in [0, 0.05) is 5.12 Å². The molecule has 16 heavy (non-hydrogen) atoms. The molecule has 1 rings (SSSR count). The van der Waals surface area contributed by atoms with E-state index in [1.165, 1.54) is 0 Å². The molecule has 0 amide bonds. The molecule has 0 aromatic carbocycles. The van der Waals surface area contributed by atoms with Gasteiger partial charge in [-0.2, -0.15) is 26.3 Å². The molecule has 0 bridgehead atoms. The van der Waals surface area contributed by atoms with Gasteiger partial charge in [0.1, 0.15) is 0 Å². The van der Waals surface area contributed by atoms with Crippen molar-refractivity contribution in [1.29, 1.82) is 0 Å². The Balaban J connectivity index is 3.81. The SMILES string of the molecule is FN1C(F)(F)C(F)(F)S(F)(F)(F)(F)C1(F)F. The van der Waals surface area contributed by atoms with E-state index < -0.39 is 31.6 Å². The Labute approximate surface area is 79.2 Å². The number of hydrogen-bond acceptors (Lipinski definition) is 1. The first kappa shape index (κ1) is 13.6. The molecular weight excluding hydrogens is 291 g/mol. The van der Waals surface area contributed by atoms with Crippen LogP contribution >= 0.6 is 9.84 Å². The lowest BCUT2D eigenvalue weighted by molar-refractivity contribution is -0.342. The zero-order chi connectivity index (χ0) is 13.5. The third kappa shape index (κ3) is 0.834. The van der Waals surface area contributed by atoms with Crippen LogP contribution in [0.1, 0.15) is 0 Å². The molecule has 0 N–H and O–H groups in total. The predicted molar refractivity (Wildman–Crippen MR) is 29.8 cm³/mol. The van der Waals surface area contributed by atoms with E-state index in [1.807, 2.05) is 0 Å². The van der Waals surface area contributed by atoms with Crippen LogP contribution < -0.4 is 0 Å². The maximum absolute atomic E-state index is 12.1. The van der Waals surface area contributed by atoms with Crippen LogP contribution in [-0.4, -0.2) is 21.8 Å².